The highest BCUT2D eigenvalue weighted by molar-refractivity contribution is 6.04. The topological polar surface area (TPSA) is 116 Å². The molecule has 35 heavy (non-hydrogen) atoms. The molecule has 1 N–H and O–H groups in total. The Kier molecular flexibility index (Phi) is 6.32. The summed E-state index contributed by atoms with van der Waals surface area (Å²) in [6.45, 7) is 1.67. The molecule has 4 rings (SSSR count). The zero-order valence-electron chi connectivity index (χ0n) is 18.1. The van der Waals surface area contributed by atoms with Crippen LogP contribution in [0.1, 0.15) is 16.1 Å². The number of carbonyl (C=O) groups is 1. The van der Waals surface area contributed by atoms with E-state index in [0.29, 0.717) is 11.4 Å². The number of ether oxygens (including phenoxy) is 1. The summed E-state index contributed by atoms with van der Waals surface area (Å²) in [5, 5.41) is 13.1. The molecule has 2 heterocycles. The number of hydrogen-bond acceptors (Lipinski definition) is 6. The minimum Gasteiger partial charge on any atom is -0.450 e. The highest BCUT2D eigenvalue weighted by Gasteiger charge is 2.17. The van der Waals surface area contributed by atoms with E-state index in [2.05, 4.69) is 10.3 Å². The van der Waals surface area contributed by atoms with Gasteiger partial charge in [0, 0.05) is 29.2 Å². The monoisotopic (exact) mass is 478 g/mol. The van der Waals surface area contributed by atoms with Crippen molar-refractivity contribution in [2.45, 2.75) is 6.92 Å². The third-order valence-electron chi connectivity index (χ3n) is 4.93. The first-order valence-corrected chi connectivity index (χ1v) is 10.1. The Morgan fingerprint density at radius 1 is 1.06 bits per heavy atom. The zero-order chi connectivity index (χ0) is 25.1. The third-order valence-corrected chi connectivity index (χ3v) is 4.93. The van der Waals surface area contributed by atoms with Gasteiger partial charge >= 0.3 is 5.82 Å². The summed E-state index contributed by atoms with van der Waals surface area (Å²) in [6, 6.07) is 14.1. The van der Waals surface area contributed by atoms with Crippen molar-refractivity contribution in [3.05, 3.63) is 116 Å². The molecule has 9 nitrogen and oxygen atoms in total. The van der Waals surface area contributed by atoms with Crippen LogP contribution >= 0.6 is 0 Å². The molecule has 2 aromatic carbocycles. The first-order valence-electron chi connectivity index (χ1n) is 10.1. The number of benzene rings is 2. The second-order valence-electron chi connectivity index (χ2n) is 7.32. The number of rotatable bonds is 6. The summed E-state index contributed by atoms with van der Waals surface area (Å²) in [4.78, 5) is 39.3. The lowest BCUT2D eigenvalue weighted by Gasteiger charge is -2.13. The van der Waals surface area contributed by atoms with Crippen molar-refractivity contribution >= 4 is 17.4 Å². The van der Waals surface area contributed by atoms with Gasteiger partial charge in [0.25, 0.3) is 11.5 Å². The molecule has 0 aliphatic rings. The van der Waals surface area contributed by atoms with Crippen molar-refractivity contribution in [2.24, 2.45) is 0 Å². The summed E-state index contributed by atoms with van der Waals surface area (Å²) in [5.41, 5.74) is 0.163. The van der Waals surface area contributed by atoms with Gasteiger partial charge in [0.05, 0.1) is 0 Å². The van der Waals surface area contributed by atoms with Crippen molar-refractivity contribution in [3.63, 3.8) is 0 Å². The lowest BCUT2D eigenvalue weighted by atomic mass is 10.2. The SMILES string of the molecule is Cc1ccc(C(=O)Nc2ccc(Oc3ccc([N+](=O)[O-])nc3)c(F)c2)c(=O)n1-c1ccc(F)cc1. The van der Waals surface area contributed by atoms with Gasteiger partial charge in [-0.2, -0.15) is 0 Å². The number of halogens is 2. The van der Waals surface area contributed by atoms with Gasteiger partial charge in [0.15, 0.2) is 23.5 Å². The molecule has 0 bridgehead atoms. The molecule has 0 saturated heterocycles. The smallest absolute Gasteiger partial charge is 0.363 e. The first-order chi connectivity index (χ1) is 16.7. The molecule has 0 aliphatic heterocycles. The molecular formula is C24H16F2N4O5. The number of amides is 1. The molecule has 0 unspecified atom stereocenters. The summed E-state index contributed by atoms with van der Waals surface area (Å²) in [7, 11) is 0. The Balaban J connectivity index is 1.54. The predicted molar refractivity (Wildman–Crippen MR) is 122 cm³/mol. The van der Waals surface area contributed by atoms with E-state index in [1.807, 2.05) is 0 Å². The number of nitrogens with one attached hydrogen (secondary N) is 1. The molecule has 1 amide bonds. The third kappa shape index (κ3) is 5.03. The summed E-state index contributed by atoms with van der Waals surface area (Å²) < 4.78 is 34.4. The molecule has 4 aromatic rings. The Labute approximate surface area is 196 Å². The van der Waals surface area contributed by atoms with E-state index >= 15 is 0 Å². The Morgan fingerprint density at radius 3 is 2.43 bits per heavy atom. The highest BCUT2D eigenvalue weighted by atomic mass is 19.1. The number of nitro groups is 1. The van der Waals surface area contributed by atoms with E-state index in [0.717, 1.165) is 18.3 Å². The molecule has 0 atom stereocenters. The highest BCUT2D eigenvalue weighted by Crippen LogP contribution is 2.27. The van der Waals surface area contributed by atoms with E-state index in [9.17, 15) is 28.5 Å². The zero-order valence-corrected chi connectivity index (χ0v) is 18.1. The van der Waals surface area contributed by atoms with Crippen LogP contribution in [0.3, 0.4) is 0 Å². The minimum absolute atomic E-state index is 0.0648. The number of carbonyl (C=O) groups excluding carboxylic acids is 1. The van der Waals surface area contributed by atoms with Crippen molar-refractivity contribution in [3.8, 4) is 17.2 Å². The van der Waals surface area contributed by atoms with Gasteiger partial charge in [0.1, 0.15) is 11.4 Å². The lowest BCUT2D eigenvalue weighted by molar-refractivity contribution is -0.389. The van der Waals surface area contributed by atoms with Crippen LogP contribution in [-0.2, 0) is 0 Å². The standard InChI is InChI=1S/C24H16F2N4O5/c1-14-2-9-19(24(32)29(14)17-6-3-15(25)4-7-17)23(31)28-16-5-10-21(20(26)12-16)35-18-8-11-22(27-13-18)30(33)34/h2-13H,1H3,(H,28,31). The molecule has 11 heteroatoms. The van der Waals surface area contributed by atoms with E-state index in [1.165, 1.54) is 53.1 Å². The Hall–Kier alpha value is -4.93. The summed E-state index contributed by atoms with van der Waals surface area (Å²) in [6.07, 6.45) is 1.08. The molecule has 2 aromatic heterocycles. The first kappa shape index (κ1) is 23.2. The number of nitrogens with zero attached hydrogens (tertiary/aromatic N) is 3. The Bertz CT molecular complexity index is 1490. The molecule has 0 fully saturated rings. The van der Waals surface area contributed by atoms with Crippen LogP contribution in [0.15, 0.2) is 77.7 Å². The second-order valence-corrected chi connectivity index (χ2v) is 7.32. The van der Waals surface area contributed by atoms with Crippen LogP contribution in [0.4, 0.5) is 20.3 Å². The molecule has 176 valence electrons. The fraction of sp³-hybridized carbons (Fsp3) is 0.0417. The van der Waals surface area contributed by atoms with Crippen LogP contribution in [0, 0.1) is 28.7 Å². The largest absolute Gasteiger partial charge is 0.450 e. The van der Waals surface area contributed by atoms with Gasteiger partial charge in [-0.3, -0.25) is 14.2 Å². The number of aryl methyl sites for hydroxylation is 1. The maximum atomic E-state index is 14.5. The fourth-order valence-corrected chi connectivity index (χ4v) is 3.24. The maximum Gasteiger partial charge on any atom is 0.363 e. The van der Waals surface area contributed by atoms with Crippen LogP contribution in [-0.4, -0.2) is 20.4 Å². The molecular weight excluding hydrogens is 462 g/mol. The van der Waals surface area contributed by atoms with Crippen LogP contribution in [0.5, 0.6) is 11.5 Å². The predicted octanol–water partition coefficient (Wildman–Crippen LogP) is 4.77. The van der Waals surface area contributed by atoms with Gasteiger partial charge in [-0.15, -0.1) is 0 Å². The summed E-state index contributed by atoms with van der Waals surface area (Å²) in [5.74, 6) is -2.56. The second kappa shape index (κ2) is 9.51. The van der Waals surface area contributed by atoms with E-state index in [4.69, 9.17) is 4.74 Å². The normalized spacial score (nSPS) is 10.6. The molecule has 0 saturated carbocycles. The van der Waals surface area contributed by atoms with Gasteiger partial charge in [-0.1, -0.05) is 0 Å². The number of hydrogen-bond donors (Lipinski definition) is 1. The van der Waals surface area contributed by atoms with Gasteiger partial charge in [0.2, 0.25) is 0 Å². The molecule has 0 aliphatic carbocycles. The van der Waals surface area contributed by atoms with Crippen LogP contribution in [0.2, 0.25) is 0 Å². The summed E-state index contributed by atoms with van der Waals surface area (Å²) >= 11 is 0. The number of aromatic nitrogens is 2. The van der Waals surface area contributed by atoms with E-state index < -0.39 is 28.0 Å². The van der Waals surface area contributed by atoms with Crippen molar-refractivity contribution in [1.82, 2.24) is 9.55 Å². The van der Waals surface area contributed by atoms with Crippen molar-refractivity contribution in [2.75, 3.05) is 5.32 Å². The van der Waals surface area contributed by atoms with Gasteiger partial charge in [-0.05, 0) is 71.4 Å². The van der Waals surface area contributed by atoms with Gasteiger partial charge in [-0.25, -0.2) is 8.78 Å². The van der Waals surface area contributed by atoms with Crippen LogP contribution < -0.4 is 15.6 Å². The Morgan fingerprint density at radius 2 is 1.80 bits per heavy atom. The molecule has 0 radical (unpaired) electrons. The van der Waals surface area contributed by atoms with Crippen molar-refractivity contribution < 1.29 is 23.2 Å². The van der Waals surface area contributed by atoms with Gasteiger partial charge < -0.3 is 20.2 Å². The van der Waals surface area contributed by atoms with Crippen molar-refractivity contribution in [1.29, 1.82) is 0 Å². The average Bonchev–Trinajstić information content (AvgIpc) is 2.82. The number of anilines is 1. The van der Waals surface area contributed by atoms with E-state index in [-0.39, 0.29) is 28.6 Å². The van der Waals surface area contributed by atoms with Crippen LogP contribution in [0.25, 0.3) is 5.69 Å². The fourth-order valence-electron chi connectivity index (χ4n) is 3.24. The minimum atomic E-state index is -0.825. The lowest BCUT2D eigenvalue weighted by Crippen LogP contribution is -2.29. The number of pyridine rings is 2. The maximum absolute atomic E-state index is 14.5. The average molecular weight is 478 g/mol. The van der Waals surface area contributed by atoms with E-state index in [1.54, 1.807) is 13.0 Å². The quantitative estimate of drug-likeness (QED) is 0.315. The molecule has 0 spiro atoms.